The lowest BCUT2D eigenvalue weighted by molar-refractivity contribution is 0.178. The molecular weight excluding hydrogens is 224 g/mol. The Labute approximate surface area is 101 Å². The molecule has 3 nitrogen and oxygen atoms in total. The van der Waals surface area contributed by atoms with E-state index in [1.54, 1.807) is 6.07 Å². The van der Waals surface area contributed by atoms with E-state index in [4.69, 9.17) is 17.3 Å². The zero-order chi connectivity index (χ0) is 11.5. The van der Waals surface area contributed by atoms with Crippen LogP contribution in [0.2, 0.25) is 5.02 Å². The van der Waals surface area contributed by atoms with E-state index in [1.807, 2.05) is 12.1 Å². The molecule has 1 aromatic rings. The highest BCUT2D eigenvalue weighted by atomic mass is 35.5. The number of nitrogen functional groups attached to an aromatic ring is 1. The Morgan fingerprint density at radius 2 is 2.25 bits per heavy atom. The second-order valence-electron chi connectivity index (χ2n) is 4.45. The summed E-state index contributed by atoms with van der Waals surface area (Å²) < 4.78 is 0. The quantitative estimate of drug-likeness (QED) is 0.712. The molecule has 0 amide bonds. The Bertz CT molecular complexity index is 370. The standard InChI is InChI=1S/C12H17ClN2O/c13-9-2-4-12(11(14)6-9)15-7-8-1-3-10(16)5-8/h2,4,6,8,10,15-16H,1,3,5,7,14H2. The average molecular weight is 241 g/mol. The van der Waals surface area contributed by atoms with Crippen molar-refractivity contribution in [3.8, 4) is 0 Å². The minimum Gasteiger partial charge on any atom is -0.397 e. The maximum atomic E-state index is 9.42. The summed E-state index contributed by atoms with van der Waals surface area (Å²) in [5, 5.41) is 13.4. The van der Waals surface area contributed by atoms with E-state index in [0.29, 0.717) is 16.6 Å². The summed E-state index contributed by atoms with van der Waals surface area (Å²) in [5.41, 5.74) is 7.43. The Morgan fingerprint density at radius 3 is 2.88 bits per heavy atom. The number of hydrogen-bond donors (Lipinski definition) is 3. The topological polar surface area (TPSA) is 58.3 Å². The summed E-state index contributed by atoms with van der Waals surface area (Å²) in [6.07, 6.45) is 2.78. The molecule has 0 saturated heterocycles. The number of aliphatic hydroxyl groups excluding tert-OH is 1. The van der Waals surface area contributed by atoms with Gasteiger partial charge < -0.3 is 16.2 Å². The first-order valence-electron chi connectivity index (χ1n) is 5.62. The number of aliphatic hydroxyl groups is 1. The number of halogens is 1. The molecule has 1 fully saturated rings. The van der Waals surface area contributed by atoms with E-state index in [9.17, 15) is 5.11 Å². The summed E-state index contributed by atoms with van der Waals surface area (Å²) in [7, 11) is 0. The molecule has 4 heteroatoms. The van der Waals surface area contributed by atoms with Gasteiger partial charge in [-0.15, -0.1) is 0 Å². The monoisotopic (exact) mass is 240 g/mol. The summed E-state index contributed by atoms with van der Waals surface area (Å²) in [6, 6.07) is 5.46. The van der Waals surface area contributed by atoms with Crippen molar-refractivity contribution < 1.29 is 5.11 Å². The van der Waals surface area contributed by atoms with Gasteiger partial charge >= 0.3 is 0 Å². The van der Waals surface area contributed by atoms with Crippen LogP contribution < -0.4 is 11.1 Å². The largest absolute Gasteiger partial charge is 0.397 e. The predicted octanol–water partition coefficient (Wildman–Crippen LogP) is 2.50. The highest BCUT2D eigenvalue weighted by Gasteiger charge is 2.22. The van der Waals surface area contributed by atoms with Gasteiger partial charge in [0.2, 0.25) is 0 Å². The summed E-state index contributed by atoms with van der Waals surface area (Å²) in [6.45, 7) is 0.864. The van der Waals surface area contributed by atoms with Crippen molar-refractivity contribution in [2.24, 2.45) is 5.92 Å². The Morgan fingerprint density at radius 1 is 1.44 bits per heavy atom. The van der Waals surface area contributed by atoms with Crippen LogP contribution in [-0.4, -0.2) is 17.8 Å². The number of benzene rings is 1. The van der Waals surface area contributed by atoms with Crippen molar-refractivity contribution in [2.45, 2.75) is 25.4 Å². The first-order chi connectivity index (χ1) is 7.65. The molecule has 0 bridgehead atoms. The van der Waals surface area contributed by atoms with Gasteiger partial charge in [-0.3, -0.25) is 0 Å². The first kappa shape index (κ1) is 11.6. The van der Waals surface area contributed by atoms with E-state index in [-0.39, 0.29) is 6.10 Å². The summed E-state index contributed by atoms with van der Waals surface area (Å²) >= 11 is 5.82. The molecule has 1 aliphatic rings. The molecule has 16 heavy (non-hydrogen) atoms. The molecule has 0 heterocycles. The van der Waals surface area contributed by atoms with Crippen LogP contribution >= 0.6 is 11.6 Å². The van der Waals surface area contributed by atoms with E-state index in [2.05, 4.69) is 5.32 Å². The molecule has 88 valence electrons. The van der Waals surface area contributed by atoms with Crippen LogP contribution in [0.15, 0.2) is 18.2 Å². The molecule has 4 N–H and O–H groups in total. The predicted molar refractivity (Wildman–Crippen MR) is 67.7 cm³/mol. The van der Waals surface area contributed by atoms with E-state index >= 15 is 0 Å². The summed E-state index contributed by atoms with van der Waals surface area (Å²) in [4.78, 5) is 0. The average Bonchev–Trinajstić information content (AvgIpc) is 2.63. The Balaban J connectivity index is 1.89. The lowest BCUT2D eigenvalue weighted by atomic mass is 10.1. The fourth-order valence-electron chi connectivity index (χ4n) is 2.18. The van der Waals surface area contributed by atoms with Gasteiger partial charge in [0.05, 0.1) is 17.5 Å². The van der Waals surface area contributed by atoms with Gasteiger partial charge in [0.1, 0.15) is 0 Å². The summed E-state index contributed by atoms with van der Waals surface area (Å²) in [5.74, 6) is 0.546. The minimum atomic E-state index is -0.116. The zero-order valence-electron chi connectivity index (χ0n) is 9.12. The van der Waals surface area contributed by atoms with Gasteiger partial charge in [-0.25, -0.2) is 0 Å². The van der Waals surface area contributed by atoms with Crippen molar-refractivity contribution >= 4 is 23.0 Å². The van der Waals surface area contributed by atoms with Crippen molar-refractivity contribution in [2.75, 3.05) is 17.6 Å². The number of hydrogen-bond acceptors (Lipinski definition) is 3. The van der Waals surface area contributed by atoms with E-state index in [1.165, 1.54) is 0 Å². The SMILES string of the molecule is Nc1cc(Cl)ccc1NCC1CCC(O)C1. The molecular formula is C12H17ClN2O. The number of rotatable bonds is 3. The molecule has 1 aromatic carbocycles. The van der Waals surface area contributed by atoms with E-state index in [0.717, 1.165) is 31.5 Å². The van der Waals surface area contributed by atoms with Gasteiger partial charge in [0.25, 0.3) is 0 Å². The third-order valence-corrected chi connectivity index (χ3v) is 3.34. The normalized spacial score (nSPS) is 24.6. The fourth-order valence-corrected chi connectivity index (χ4v) is 2.36. The second-order valence-corrected chi connectivity index (χ2v) is 4.88. The molecule has 0 radical (unpaired) electrons. The maximum Gasteiger partial charge on any atom is 0.0575 e. The molecule has 0 spiro atoms. The zero-order valence-corrected chi connectivity index (χ0v) is 9.87. The van der Waals surface area contributed by atoms with Crippen molar-refractivity contribution in [3.05, 3.63) is 23.2 Å². The van der Waals surface area contributed by atoms with Gasteiger partial charge in [0, 0.05) is 11.6 Å². The number of nitrogens with one attached hydrogen (secondary N) is 1. The van der Waals surface area contributed by atoms with Gasteiger partial charge in [-0.05, 0) is 43.4 Å². The van der Waals surface area contributed by atoms with Crippen LogP contribution in [0.25, 0.3) is 0 Å². The lowest BCUT2D eigenvalue weighted by Crippen LogP contribution is -2.13. The highest BCUT2D eigenvalue weighted by Crippen LogP contribution is 2.27. The van der Waals surface area contributed by atoms with Crippen LogP contribution in [-0.2, 0) is 0 Å². The van der Waals surface area contributed by atoms with E-state index < -0.39 is 0 Å². The van der Waals surface area contributed by atoms with Crippen LogP contribution in [0.1, 0.15) is 19.3 Å². The number of anilines is 2. The molecule has 1 saturated carbocycles. The number of nitrogens with two attached hydrogens (primary N) is 1. The van der Waals surface area contributed by atoms with Crippen LogP contribution in [0.3, 0.4) is 0 Å². The van der Waals surface area contributed by atoms with Gasteiger partial charge in [-0.2, -0.15) is 0 Å². The van der Waals surface area contributed by atoms with Crippen LogP contribution in [0, 0.1) is 5.92 Å². The minimum absolute atomic E-state index is 0.116. The highest BCUT2D eigenvalue weighted by molar-refractivity contribution is 6.31. The van der Waals surface area contributed by atoms with Crippen molar-refractivity contribution in [1.82, 2.24) is 0 Å². The molecule has 2 rings (SSSR count). The Kier molecular flexibility index (Phi) is 3.56. The molecule has 2 unspecified atom stereocenters. The molecule has 0 aliphatic heterocycles. The molecule has 0 aromatic heterocycles. The third-order valence-electron chi connectivity index (χ3n) is 3.11. The first-order valence-corrected chi connectivity index (χ1v) is 6.00. The van der Waals surface area contributed by atoms with Crippen molar-refractivity contribution in [3.63, 3.8) is 0 Å². The maximum absolute atomic E-state index is 9.42. The smallest absolute Gasteiger partial charge is 0.0575 e. The van der Waals surface area contributed by atoms with Crippen LogP contribution in [0.4, 0.5) is 11.4 Å². The second kappa shape index (κ2) is 4.93. The van der Waals surface area contributed by atoms with Gasteiger partial charge in [0.15, 0.2) is 0 Å². The van der Waals surface area contributed by atoms with Crippen LogP contribution in [0.5, 0.6) is 0 Å². The lowest BCUT2D eigenvalue weighted by Gasteiger charge is -2.13. The van der Waals surface area contributed by atoms with Crippen molar-refractivity contribution in [1.29, 1.82) is 0 Å². The molecule has 2 atom stereocenters. The third kappa shape index (κ3) is 2.80. The fraction of sp³-hybridized carbons (Fsp3) is 0.500. The Hall–Kier alpha value is -0.930. The molecule has 1 aliphatic carbocycles. The van der Waals surface area contributed by atoms with Gasteiger partial charge in [-0.1, -0.05) is 11.6 Å².